The minimum Gasteiger partial charge on any atom is -0.493 e. The Morgan fingerprint density at radius 3 is 2.17 bits per heavy atom. The number of aryl methyl sites for hydroxylation is 2. The Hall–Kier alpha value is -1.11. The highest BCUT2D eigenvalue weighted by Crippen LogP contribution is 2.27. The van der Waals surface area contributed by atoms with Crippen LogP contribution < -0.4 is 9.46 Å². The first kappa shape index (κ1) is 19.9. The van der Waals surface area contributed by atoms with Crippen LogP contribution in [-0.2, 0) is 10.0 Å². The van der Waals surface area contributed by atoms with Gasteiger partial charge in [0.05, 0.1) is 17.6 Å². The van der Waals surface area contributed by atoms with Crippen molar-refractivity contribution in [3.63, 3.8) is 0 Å². The molecule has 0 amide bonds. The first-order valence-electron chi connectivity index (χ1n) is 7.90. The van der Waals surface area contributed by atoms with Gasteiger partial charge in [0.25, 0.3) is 0 Å². The van der Waals surface area contributed by atoms with Crippen LogP contribution >= 0.6 is 0 Å². The van der Waals surface area contributed by atoms with E-state index < -0.39 is 16.1 Å². The van der Waals surface area contributed by atoms with Gasteiger partial charge >= 0.3 is 0 Å². The number of rotatable bonds is 7. The van der Waals surface area contributed by atoms with Gasteiger partial charge in [-0.05, 0) is 55.9 Å². The van der Waals surface area contributed by atoms with Gasteiger partial charge in [-0.25, -0.2) is 13.1 Å². The molecular weight excluding hydrogens is 314 g/mol. The summed E-state index contributed by atoms with van der Waals surface area (Å²) >= 11 is 0. The van der Waals surface area contributed by atoms with Crippen molar-refractivity contribution in [2.75, 3.05) is 13.2 Å². The SMILES string of the molecule is CCOc1c(C)cc(S(=O)(=O)NCCC(O)C(C)(C)C)cc1C. The summed E-state index contributed by atoms with van der Waals surface area (Å²) < 4.78 is 32.9. The van der Waals surface area contributed by atoms with Gasteiger partial charge in [-0.15, -0.1) is 0 Å². The lowest BCUT2D eigenvalue weighted by atomic mass is 9.87. The van der Waals surface area contributed by atoms with Crippen molar-refractivity contribution in [1.29, 1.82) is 0 Å². The molecule has 0 aliphatic rings. The molecule has 0 radical (unpaired) electrons. The van der Waals surface area contributed by atoms with Gasteiger partial charge < -0.3 is 9.84 Å². The van der Waals surface area contributed by atoms with Crippen LogP contribution in [0.25, 0.3) is 0 Å². The third-order valence-corrected chi connectivity index (χ3v) is 5.18. The van der Waals surface area contributed by atoms with Gasteiger partial charge in [-0.2, -0.15) is 0 Å². The summed E-state index contributed by atoms with van der Waals surface area (Å²) in [5.41, 5.74) is 1.32. The molecule has 0 fully saturated rings. The molecule has 1 rings (SSSR count). The molecule has 1 unspecified atom stereocenters. The Balaban J connectivity index is 2.85. The molecule has 0 spiro atoms. The number of aliphatic hydroxyl groups excluding tert-OH is 1. The molecule has 0 saturated heterocycles. The van der Waals surface area contributed by atoms with Crippen molar-refractivity contribution in [1.82, 2.24) is 4.72 Å². The quantitative estimate of drug-likeness (QED) is 0.798. The third kappa shape index (κ3) is 5.48. The molecule has 0 bridgehead atoms. The van der Waals surface area contributed by atoms with Crippen LogP contribution in [0, 0.1) is 19.3 Å². The lowest BCUT2D eigenvalue weighted by Gasteiger charge is -2.25. The van der Waals surface area contributed by atoms with Gasteiger partial charge in [0.1, 0.15) is 5.75 Å². The zero-order valence-corrected chi connectivity index (χ0v) is 15.8. The molecule has 6 heteroatoms. The van der Waals surface area contributed by atoms with E-state index in [1.807, 2.05) is 41.5 Å². The highest BCUT2D eigenvalue weighted by atomic mass is 32.2. The summed E-state index contributed by atoms with van der Waals surface area (Å²) in [6, 6.07) is 3.22. The minimum atomic E-state index is -3.59. The van der Waals surface area contributed by atoms with Crippen molar-refractivity contribution in [2.24, 2.45) is 5.41 Å². The van der Waals surface area contributed by atoms with Crippen molar-refractivity contribution < 1.29 is 18.3 Å². The van der Waals surface area contributed by atoms with Crippen LogP contribution in [0.4, 0.5) is 0 Å². The molecule has 132 valence electrons. The maximum atomic E-state index is 12.4. The molecule has 0 aliphatic heterocycles. The lowest BCUT2D eigenvalue weighted by molar-refractivity contribution is 0.0571. The normalized spacial score (nSPS) is 13.9. The van der Waals surface area contributed by atoms with E-state index in [0.717, 1.165) is 16.9 Å². The number of hydrogen-bond acceptors (Lipinski definition) is 4. The average Bonchev–Trinajstić information content (AvgIpc) is 2.41. The van der Waals surface area contributed by atoms with E-state index in [1.54, 1.807) is 12.1 Å². The standard InChI is InChI=1S/C17H29NO4S/c1-7-22-16-12(2)10-14(11-13(16)3)23(20,21)18-9-8-15(19)17(4,5)6/h10-11,15,18-19H,7-9H2,1-6H3. The summed E-state index contributed by atoms with van der Waals surface area (Å²) in [4.78, 5) is 0.223. The Kier molecular flexibility index (Phi) is 6.62. The van der Waals surface area contributed by atoms with Crippen LogP contribution in [0.2, 0.25) is 0 Å². The maximum Gasteiger partial charge on any atom is 0.240 e. The van der Waals surface area contributed by atoms with Crippen molar-refractivity contribution in [2.45, 2.75) is 59.0 Å². The summed E-state index contributed by atoms with van der Waals surface area (Å²) in [7, 11) is -3.59. The Bertz CT molecular complexity index is 609. The van der Waals surface area contributed by atoms with E-state index in [4.69, 9.17) is 4.74 Å². The molecule has 2 N–H and O–H groups in total. The molecular formula is C17H29NO4S. The molecule has 0 saturated carbocycles. The summed E-state index contributed by atoms with van der Waals surface area (Å²) in [5, 5.41) is 9.99. The van der Waals surface area contributed by atoms with Gasteiger partial charge in [-0.1, -0.05) is 20.8 Å². The molecule has 5 nitrogen and oxygen atoms in total. The second-order valence-electron chi connectivity index (χ2n) is 6.89. The Morgan fingerprint density at radius 2 is 1.74 bits per heavy atom. The molecule has 0 heterocycles. The highest BCUT2D eigenvalue weighted by molar-refractivity contribution is 7.89. The summed E-state index contributed by atoms with van der Waals surface area (Å²) in [6.45, 7) is 12.1. The number of aliphatic hydroxyl groups is 1. The van der Waals surface area contributed by atoms with Gasteiger partial charge in [-0.3, -0.25) is 0 Å². The predicted octanol–water partition coefficient (Wildman–Crippen LogP) is 2.78. The average molecular weight is 343 g/mol. The molecule has 0 aliphatic carbocycles. The number of benzene rings is 1. The molecule has 1 aromatic carbocycles. The van der Waals surface area contributed by atoms with Crippen LogP contribution in [0.3, 0.4) is 0 Å². The topological polar surface area (TPSA) is 75.6 Å². The second-order valence-corrected chi connectivity index (χ2v) is 8.65. The zero-order valence-electron chi connectivity index (χ0n) is 14.9. The summed E-state index contributed by atoms with van der Waals surface area (Å²) in [5.74, 6) is 0.731. The van der Waals surface area contributed by atoms with Gasteiger partial charge in [0.2, 0.25) is 10.0 Å². The van der Waals surface area contributed by atoms with Gasteiger partial charge in [0.15, 0.2) is 0 Å². The number of sulfonamides is 1. The first-order chi connectivity index (χ1) is 10.5. The maximum absolute atomic E-state index is 12.4. The van der Waals surface area contributed by atoms with E-state index in [2.05, 4.69) is 4.72 Å². The smallest absolute Gasteiger partial charge is 0.240 e. The van der Waals surface area contributed by atoms with Crippen molar-refractivity contribution in [3.8, 4) is 5.75 Å². The lowest BCUT2D eigenvalue weighted by Crippen LogP contribution is -2.32. The fourth-order valence-electron chi connectivity index (χ4n) is 2.28. The van der Waals surface area contributed by atoms with Crippen molar-refractivity contribution >= 4 is 10.0 Å². The largest absolute Gasteiger partial charge is 0.493 e. The van der Waals surface area contributed by atoms with Crippen molar-refractivity contribution in [3.05, 3.63) is 23.3 Å². The zero-order chi connectivity index (χ0) is 17.8. The first-order valence-corrected chi connectivity index (χ1v) is 9.39. The van der Waals surface area contributed by atoms with Crippen LogP contribution in [0.1, 0.15) is 45.2 Å². The van der Waals surface area contributed by atoms with Gasteiger partial charge in [0, 0.05) is 6.54 Å². The predicted molar refractivity (Wildman–Crippen MR) is 92.4 cm³/mol. The molecule has 23 heavy (non-hydrogen) atoms. The molecule has 1 aromatic rings. The van der Waals surface area contributed by atoms with E-state index >= 15 is 0 Å². The fraction of sp³-hybridized carbons (Fsp3) is 0.647. The van der Waals surface area contributed by atoms with E-state index in [1.165, 1.54) is 0 Å². The Morgan fingerprint density at radius 1 is 1.22 bits per heavy atom. The van der Waals surface area contributed by atoms with E-state index in [0.29, 0.717) is 13.0 Å². The molecule has 1 atom stereocenters. The fourth-order valence-corrected chi connectivity index (χ4v) is 3.50. The van der Waals surface area contributed by atoms with Crippen LogP contribution in [0.5, 0.6) is 5.75 Å². The third-order valence-electron chi connectivity index (χ3n) is 3.74. The van der Waals surface area contributed by atoms with Crippen LogP contribution in [0.15, 0.2) is 17.0 Å². The number of ether oxygens (including phenoxy) is 1. The highest BCUT2D eigenvalue weighted by Gasteiger charge is 2.23. The summed E-state index contributed by atoms with van der Waals surface area (Å²) in [6.07, 6.45) is -0.188. The molecule has 0 aromatic heterocycles. The second kappa shape index (κ2) is 7.64. The number of hydrogen-bond donors (Lipinski definition) is 2. The monoisotopic (exact) mass is 343 g/mol. The number of nitrogens with one attached hydrogen (secondary N) is 1. The van der Waals surface area contributed by atoms with Crippen LogP contribution in [-0.4, -0.2) is 32.8 Å². The Labute approximate surface area is 140 Å². The van der Waals surface area contributed by atoms with E-state index in [9.17, 15) is 13.5 Å². The van der Waals surface area contributed by atoms with E-state index in [-0.39, 0.29) is 16.9 Å². The minimum absolute atomic E-state index is 0.200.